The molecule has 76 valence electrons. The van der Waals surface area contributed by atoms with Gasteiger partial charge in [0.15, 0.2) is 0 Å². The van der Waals surface area contributed by atoms with Crippen molar-refractivity contribution in [2.75, 3.05) is 18.9 Å². The van der Waals surface area contributed by atoms with E-state index in [0.29, 0.717) is 19.0 Å². The normalized spacial score (nSPS) is 21.3. The summed E-state index contributed by atoms with van der Waals surface area (Å²) >= 11 is 0. The number of carbonyl (C=O) groups excluding carboxylic acids is 1. The van der Waals surface area contributed by atoms with Gasteiger partial charge in [0.2, 0.25) is 0 Å². The molecule has 6 heteroatoms. The lowest BCUT2D eigenvalue weighted by molar-refractivity contribution is 0.100. The third kappa shape index (κ3) is 1.33. The first kappa shape index (κ1) is 9.01. The number of ether oxygens (including phenoxy) is 1. The predicted octanol–water partition coefficient (Wildman–Crippen LogP) is -0.474. The molecule has 6 nitrogen and oxygen atoms in total. The molecular formula is C8H12N4O2. The molecule has 2 rings (SSSR count). The number of nitrogen functional groups attached to an aromatic ring is 1. The van der Waals surface area contributed by atoms with Crippen LogP contribution in [0.25, 0.3) is 0 Å². The van der Waals surface area contributed by atoms with Crippen molar-refractivity contribution in [1.29, 1.82) is 0 Å². The van der Waals surface area contributed by atoms with Gasteiger partial charge in [0, 0.05) is 6.61 Å². The summed E-state index contributed by atoms with van der Waals surface area (Å²) in [4.78, 5) is 10.9. The smallest absolute Gasteiger partial charge is 0.254 e. The molecule has 2 heterocycles. The van der Waals surface area contributed by atoms with Crippen molar-refractivity contribution in [2.45, 2.75) is 12.5 Å². The number of aromatic nitrogens is 2. The van der Waals surface area contributed by atoms with Gasteiger partial charge in [-0.1, -0.05) is 0 Å². The van der Waals surface area contributed by atoms with Gasteiger partial charge in [0.25, 0.3) is 5.91 Å². The minimum Gasteiger partial charge on any atom is -0.383 e. The summed E-state index contributed by atoms with van der Waals surface area (Å²) in [7, 11) is 0. The monoisotopic (exact) mass is 196 g/mol. The third-order valence-corrected chi connectivity index (χ3v) is 2.35. The van der Waals surface area contributed by atoms with Crippen LogP contribution in [0.1, 0.15) is 22.8 Å². The fraction of sp³-hybridized carbons (Fsp3) is 0.500. The van der Waals surface area contributed by atoms with Crippen molar-refractivity contribution in [1.82, 2.24) is 9.78 Å². The second-order valence-corrected chi connectivity index (χ2v) is 3.27. The molecule has 0 radical (unpaired) electrons. The maximum Gasteiger partial charge on any atom is 0.254 e. The van der Waals surface area contributed by atoms with Crippen molar-refractivity contribution < 1.29 is 9.53 Å². The Morgan fingerprint density at radius 2 is 2.50 bits per heavy atom. The SMILES string of the molecule is NC(=O)c1cnn(C2CCOC2)c1N. The molecule has 4 N–H and O–H groups in total. The molecule has 1 amide bonds. The highest BCUT2D eigenvalue weighted by Crippen LogP contribution is 2.22. The summed E-state index contributed by atoms with van der Waals surface area (Å²) in [6.45, 7) is 1.29. The zero-order valence-electron chi connectivity index (χ0n) is 7.64. The number of amides is 1. The summed E-state index contributed by atoms with van der Waals surface area (Å²) in [5, 5.41) is 4.03. The second-order valence-electron chi connectivity index (χ2n) is 3.27. The topological polar surface area (TPSA) is 96.2 Å². The number of rotatable bonds is 2. The Bertz CT molecular complexity index is 354. The van der Waals surface area contributed by atoms with Crippen molar-refractivity contribution in [2.24, 2.45) is 5.73 Å². The standard InChI is InChI=1S/C8H12N4O2/c9-7-6(8(10)13)3-11-12(7)5-1-2-14-4-5/h3,5H,1-2,4,9H2,(H2,10,13). The van der Waals surface area contributed by atoms with Crippen LogP contribution in [-0.4, -0.2) is 28.9 Å². The van der Waals surface area contributed by atoms with Crippen LogP contribution in [0.2, 0.25) is 0 Å². The van der Waals surface area contributed by atoms with Gasteiger partial charge in [-0.2, -0.15) is 5.10 Å². The highest BCUT2D eigenvalue weighted by Gasteiger charge is 2.22. The second kappa shape index (κ2) is 3.30. The van der Waals surface area contributed by atoms with Crippen LogP contribution in [0.3, 0.4) is 0 Å². The van der Waals surface area contributed by atoms with Crippen LogP contribution in [0, 0.1) is 0 Å². The highest BCUT2D eigenvalue weighted by atomic mass is 16.5. The van der Waals surface area contributed by atoms with Gasteiger partial charge in [-0.05, 0) is 6.42 Å². The minimum absolute atomic E-state index is 0.128. The average molecular weight is 196 g/mol. The molecule has 1 aliphatic rings. The first-order chi connectivity index (χ1) is 6.70. The predicted molar refractivity (Wildman–Crippen MR) is 49.6 cm³/mol. The molecule has 0 saturated carbocycles. The number of primary amides is 1. The summed E-state index contributed by atoms with van der Waals surface area (Å²) in [6.07, 6.45) is 2.26. The van der Waals surface area contributed by atoms with Gasteiger partial charge < -0.3 is 16.2 Å². The van der Waals surface area contributed by atoms with Crippen molar-refractivity contribution >= 4 is 11.7 Å². The number of nitrogens with two attached hydrogens (primary N) is 2. The number of hydrogen-bond donors (Lipinski definition) is 2. The van der Waals surface area contributed by atoms with Crippen molar-refractivity contribution in [3.05, 3.63) is 11.8 Å². The van der Waals surface area contributed by atoms with Crippen LogP contribution in [-0.2, 0) is 4.74 Å². The zero-order valence-corrected chi connectivity index (χ0v) is 7.64. The van der Waals surface area contributed by atoms with E-state index >= 15 is 0 Å². The zero-order chi connectivity index (χ0) is 10.1. The van der Waals surface area contributed by atoms with Crippen LogP contribution in [0.5, 0.6) is 0 Å². The lowest BCUT2D eigenvalue weighted by atomic mass is 10.2. The van der Waals surface area contributed by atoms with E-state index in [0.717, 1.165) is 6.42 Å². The van der Waals surface area contributed by atoms with E-state index < -0.39 is 5.91 Å². The molecule has 1 fully saturated rings. The number of anilines is 1. The Balaban J connectivity index is 2.30. The lowest BCUT2D eigenvalue weighted by Crippen LogP contribution is -2.16. The Labute approximate surface area is 80.8 Å². The molecule has 1 aromatic heterocycles. The Kier molecular flexibility index (Phi) is 2.12. The summed E-state index contributed by atoms with van der Waals surface area (Å²) in [5.74, 6) is -0.222. The van der Waals surface area contributed by atoms with Crippen molar-refractivity contribution in [3.63, 3.8) is 0 Å². The lowest BCUT2D eigenvalue weighted by Gasteiger charge is -2.09. The molecule has 1 saturated heterocycles. The van der Waals surface area contributed by atoms with E-state index in [9.17, 15) is 4.79 Å². The maximum absolute atomic E-state index is 10.9. The van der Waals surface area contributed by atoms with Gasteiger partial charge in [0.05, 0.1) is 18.8 Å². The molecule has 1 aliphatic heterocycles. The molecular weight excluding hydrogens is 184 g/mol. The maximum atomic E-state index is 10.9. The largest absolute Gasteiger partial charge is 0.383 e. The van der Waals surface area contributed by atoms with Gasteiger partial charge in [-0.25, -0.2) is 4.68 Å². The Hall–Kier alpha value is -1.56. The van der Waals surface area contributed by atoms with Gasteiger partial charge in [0.1, 0.15) is 11.4 Å². The van der Waals surface area contributed by atoms with Crippen LogP contribution in [0.4, 0.5) is 5.82 Å². The molecule has 0 aromatic carbocycles. The van der Waals surface area contributed by atoms with E-state index in [-0.39, 0.29) is 11.6 Å². The summed E-state index contributed by atoms with van der Waals surface area (Å²) < 4.78 is 6.81. The highest BCUT2D eigenvalue weighted by molar-refractivity contribution is 5.96. The van der Waals surface area contributed by atoms with Gasteiger partial charge >= 0.3 is 0 Å². The fourth-order valence-electron chi connectivity index (χ4n) is 1.57. The fourth-order valence-corrected chi connectivity index (χ4v) is 1.57. The molecule has 1 aromatic rings. The van der Waals surface area contributed by atoms with E-state index in [4.69, 9.17) is 16.2 Å². The Morgan fingerprint density at radius 1 is 1.71 bits per heavy atom. The quantitative estimate of drug-likeness (QED) is 0.668. The molecule has 0 aliphatic carbocycles. The van der Waals surface area contributed by atoms with Crippen LogP contribution >= 0.6 is 0 Å². The molecule has 1 unspecified atom stereocenters. The van der Waals surface area contributed by atoms with Crippen molar-refractivity contribution in [3.8, 4) is 0 Å². The third-order valence-electron chi connectivity index (χ3n) is 2.35. The van der Waals surface area contributed by atoms with E-state index in [1.54, 1.807) is 4.68 Å². The molecule has 0 bridgehead atoms. The average Bonchev–Trinajstić information content (AvgIpc) is 2.71. The van der Waals surface area contributed by atoms with Gasteiger partial charge in [-0.3, -0.25) is 4.79 Å². The van der Waals surface area contributed by atoms with Crippen LogP contribution in [0.15, 0.2) is 6.20 Å². The van der Waals surface area contributed by atoms with Crippen LogP contribution < -0.4 is 11.5 Å². The summed E-state index contributed by atoms with van der Waals surface area (Å²) in [6, 6.07) is 0.128. The number of carbonyl (C=O) groups is 1. The van der Waals surface area contributed by atoms with E-state index in [2.05, 4.69) is 5.10 Å². The Morgan fingerprint density at radius 3 is 3.00 bits per heavy atom. The number of nitrogens with zero attached hydrogens (tertiary/aromatic N) is 2. The minimum atomic E-state index is -0.548. The molecule has 0 spiro atoms. The molecule has 1 atom stereocenters. The first-order valence-electron chi connectivity index (χ1n) is 4.40. The first-order valence-corrected chi connectivity index (χ1v) is 4.40. The van der Waals surface area contributed by atoms with E-state index in [1.807, 2.05) is 0 Å². The van der Waals surface area contributed by atoms with Gasteiger partial charge in [-0.15, -0.1) is 0 Å². The number of hydrogen-bond acceptors (Lipinski definition) is 4. The summed E-state index contributed by atoms with van der Waals surface area (Å²) in [5.41, 5.74) is 11.1. The molecule has 14 heavy (non-hydrogen) atoms. The van der Waals surface area contributed by atoms with E-state index in [1.165, 1.54) is 6.20 Å².